The third kappa shape index (κ3) is 1.86. The molecule has 16 heavy (non-hydrogen) atoms. The first kappa shape index (κ1) is 10.5. The van der Waals surface area contributed by atoms with Crippen LogP contribution in [0, 0.1) is 0 Å². The van der Waals surface area contributed by atoms with E-state index in [2.05, 4.69) is 4.52 Å². The quantitative estimate of drug-likeness (QED) is 0.817. The van der Waals surface area contributed by atoms with Crippen LogP contribution >= 0.6 is 0 Å². The van der Waals surface area contributed by atoms with Crippen molar-refractivity contribution in [2.75, 3.05) is 0 Å². The summed E-state index contributed by atoms with van der Waals surface area (Å²) in [6.07, 6.45) is -3.34. The van der Waals surface area contributed by atoms with Crippen molar-refractivity contribution in [1.29, 1.82) is 0 Å². The highest BCUT2D eigenvalue weighted by molar-refractivity contribution is 5.62. The predicted molar refractivity (Wildman–Crippen MR) is 49.8 cm³/mol. The number of halogens is 3. The van der Waals surface area contributed by atoms with Gasteiger partial charge >= 0.3 is 6.18 Å². The molecule has 0 atom stereocenters. The fraction of sp³-hybridized carbons (Fsp3) is 0.100. The Labute approximate surface area is 87.5 Å². The van der Waals surface area contributed by atoms with E-state index >= 15 is 0 Å². The van der Waals surface area contributed by atoms with Crippen molar-refractivity contribution in [2.45, 2.75) is 6.18 Å². The van der Waals surface area contributed by atoms with Crippen LogP contribution in [-0.4, -0.2) is 5.16 Å². The van der Waals surface area contributed by atoms with Crippen molar-refractivity contribution in [3.8, 4) is 11.1 Å². The monoisotopic (exact) mass is 229 g/mol. The van der Waals surface area contributed by atoms with Gasteiger partial charge < -0.3 is 4.52 Å². The maximum atomic E-state index is 12.4. The number of aromatic nitrogens is 1. The lowest BCUT2D eigenvalue weighted by Crippen LogP contribution is -2.06. The number of hydrogen-bond donors (Lipinski definition) is 1. The van der Waals surface area contributed by atoms with E-state index in [1.165, 1.54) is 12.1 Å². The number of rotatable bonds is 1. The molecule has 1 heterocycles. The molecule has 6 heteroatoms. The van der Waals surface area contributed by atoms with Crippen LogP contribution < -0.4 is 5.56 Å². The average Bonchev–Trinajstić information content (AvgIpc) is 2.63. The molecule has 1 N–H and O–H groups in total. The van der Waals surface area contributed by atoms with Crippen LogP contribution in [0.4, 0.5) is 13.2 Å². The van der Waals surface area contributed by atoms with Crippen LogP contribution in [0.25, 0.3) is 11.1 Å². The molecule has 2 aromatic rings. The average molecular weight is 229 g/mol. The van der Waals surface area contributed by atoms with Crippen molar-refractivity contribution in [3.05, 3.63) is 46.4 Å². The van der Waals surface area contributed by atoms with Crippen LogP contribution in [0.5, 0.6) is 0 Å². The Morgan fingerprint density at radius 1 is 1.25 bits per heavy atom. The highest BCUT2D eigenvalue weighted by Gasteiger charge is 2.30. The number of aromatic amines is 1. The first-order chi connectivity index (χ1) is 7.48. The Bertz CT molecular complexity index is 553. The molecule has 1 aromatic heterocycles. The van der Waals surface area contributed by atoms with Crippen molar-refractivity contribution in [1.82, 2.24) is 5.16 Å². The Kier molecular flexibility index (Phi) is 2.34. The number of nitrogens with one attached hydrogen (secondary N) is 1. The van der Waals surface area contributed by atoms with Crippen LogP contribution in [-0.2, 0) is 6.18 Å². The first-order valence-electron chi connectivity index (χ1n) is 4.32. The minimum atomic E-state index is -4.42. The molecule has 0 saturated carbocycles. The fourth-order valence-electron chi connectivity index (χ4n) is 1.31. The lowest BCUT2D eigenvalue weighted by molar-refractivity contribution is -0.137. The van der Waals surface area contributed by atoms with Gasteiger partial charge in [0.2, 0.25) is 0 Å². The number of benzene rings is 1. The summed E-state index contributed by atoms with van der Waals surface area (Å²) in [6, 6.07) is 4.50. The Morgan fingerprint density at radius 2 is 2.00 bits per heavy atom. The van der Waals surface area contributed by atoms with Gasteiger partial charge in [0.15, 0.2) is 0 Å². The largest absolute Gasteiger partial charge is 0.416 e. The second kappa shape index (κ2) is 3.55. The second-order valence-corrected chi connectivity index (χ2v) is 3.16. The highest BCUT2D eigenvalue weighted by Crippen LogP contribution is 2.31. The van der Waals surface area contributed by atoms with E-state index in [0.29, 0.717) is 0 Å². The van der Waals surface area contributed by atoms with E-state index in [9.17, 15) is 18.0 Å². The smallest absolute Gasteiger partial charge is 0.386 e. The molecule has 84 valence electrons. The molecule has 0 aliphatic carbocycles. The van der Waals surface area contributed by atoms with E-state index < -0.39 is 17.3 Å². The Balaban J connectivity index is 2.53. The van der Waals surface area contributed by atoms with Gasteiger partial charge in [-0.15, -0.1) is 0 Å². The van der Waals surface area contributed by atoms with Gasteiger partial charge in [0.1, 0.15) is 6.26 Å². The summed E-state index contributed by atoms with van der Waals surface area (Å²) < 4.78 is 41.7. The standard InChI is InChI=1S/C10H6F3NO2/c11-10(12,13)7-3-1-2-6(4-7)8-5-16-14-9(8)15/h1-5H,(H,14,15). The van der Waals surface area contributed by atoms with Gasteiger partial charge in [-0.3, -0.25) is 4.79 Å². The lowest BCUT2D eigenvalue weighted by Gasteiger charge is -2.06. The number of H-pyrrole nitrogens is 1. The third-order valence-corrected chi connectivity index (χ3v) is 2.07. The number of hydrogen-bond acceptors (Lipinski definition) is 2. The summed E-state index contributed by atoms with van der Waals surface area (Å²) in [4.78, 5) is 11.2. The normalized spacial score (nSPS) is 11.7. The summed E-state index contributed by atoms with van der Waals surface area (Å²) in [5.41, 5.74) is -1.11. The molecule has 0 saturated heterocycles. The summed E-state index contributed by atoms with van der Waals surface area (Å²) in [6.45, 7) is 0. The topological polar surface area (TPSA) is 46.0 Å². The molecular formula is C10H6F3NO2. The van der Waals surface area contributed by atoms with E-state index in [1.54, 1.807) is 0 Å². The predicted octanol–water partition coefficient (Wildman–Crippen LogP) is 2.65. The van der Waals surface area contributed by atoms with Gasteiger partial charge in [0, 0.05) is 0 Å². The molecular weight excluding hydrogens is 223 g/mol. The fourth-order valence-corrected chi connectivity index (χ4v) is 1.31. The highest BCUT2D eigenvalue weighted by atomic mass is 19.4. The molecule has 3 nitrogen and oxygen atoms in total. The zero-order valence-electron chi connectivity index (χ0n) is 7.84. The SMILES string of the molecule is O=c1[nH]occ1-c1cccc(C(F)(F)F)c1. The van der Waals surface area contributed by atoms with E-state index in [-0.39, 0.29) is 11.1 Å². The van der Waals surface area contributed by atoms with Crippen molar-refractivity contribution >= 4 is 0 Å². The number of alkyl halides is 3. The molecule has 1 aromatic carbocycles. The summed E-state index contributed by atoms with van der Waals surface area (Å²) in [5, 5.41) is 2.01. The van der Waals surface area contributed by atoms with Gasteiger partial charge in [-0.05, 0) is 17.7 Å². The minimum absolute atomic E-state index is 0.0751. The maximum absolute atomic E-state index is 12.4. The van der Waals surface area contributed by atoms with Gasteiger partial charge in [-0.1, -0.05) is 12.1 Å². The van der Waals surface area contributed by atoms with Crippen LogP contribution in [0.15, 0.2) is 39.8 Å². The zero-order valence-corrected chi connectivity index (χ0v) is 7.84. The molecule has 0 unspecified atom stereocenters. The van der Waals surface area contributed by atoms with Crippen LogP contribution in [0.1, 0.15) is 5.56 Å². The molecule has 0 radical (unpaired) electrons. The van der Waals surface area contributed by atoms with Gasteiger partial charge in [-0.2, -0.15) is 18.3 Å². The molecule has 0 bridgehead atoms. The Hall–Kier alpha value is -1.98. The van der Waals surface area contributed by atoms with Gasteiger partial charge in [-0.25, -0.2) is 0 Å². The van der Waals surface area contributed by atoms with Crippen molar-refractivity contribution in [2.24, 2.45) is 0 Å². The van der Waals surface area contributed by atoms with E-state index in [4.69, 9.17) is 0 Å². The summed E-state index contributed by atoms with van der Waals surface area (Å²) >= 11 is 0. The molecule has 2 rings (SSSR count). The third-order valence-electron chi connectivity index (χ3n) is 2.07. The molecule has 0 fully saturated rings. The molecule has 0 aliphatic rings. The maximum Gasteiger partial charge on any atom is 0.416 e. The van der Waals surface area contributed by atoms with Gasteiger partial charge in [0.05, 0.1) is 11.1 Å². The van der Waals surface area contributed by atoms with Gasteiger partial charge in [0.25, 0.3) is 5.56 Å². The van der Waals surface area contributed by atoms with Crippen LogP contribution in [0.3, 0.4) is 0 Å². The molecule has 0 aliphatic heterocycles. The lowest BCUT2D eigenvalue weighted by atomic mass is 10.1. The van der Waals surface area contributed by atoms with E-state index in [0.717, 1.165) is 18.4 Å². The minimum Gasteiger partial charge on any atom is -0.386 e. The molecule has 0 spiro atoms. The van der Waals surface area contributed by atoms with Crippen LogP contribution in [0.2, 0.25) is 0 Å². The van der Waals surface area contributed by atoms with Crippen molar-refractivity contribution < 1.29 is 17.7 Å². The van der Waals surface area contributed by atoms with Crippen molar-refractivity contribution in [3.63, 3.8) is 0 Å². The zero-order chi connectivity index (χ0) is 11.8. The molecule has 0 amide bonds. The van der Waals surface area contributed by atoms with E-state index in [1.807, 2.05) is 5.16 Å². The summed E-state index contributed by atoms with van der Waals surface area (Å²) in [7, 11) is 0. The summed E-state index contributed by atoms with van der Waals surface area (Å²) in [5.74, 6) is 0. The Morgan fingerprint density at radius 3 is 2.56 bits per heavy atom. The first-order valence-corrected chi connectivity index (χ1v) is 4.32. The second-order valence-electron chi connectivity index (χ2n) is 3.16.